The molecule has 0 atom stereocenters. The zero-order valence-electron chi connectivity index (χ0n) is 9.75. The van der Waals surface area contributed by atoms with Crippen LogP contribution in [0.15, 0.2) is 17.8 Å². The van der Waals surface area contributed by atoms with E-state index >= 15 is 0 Å². The minimum Gasteiger partial charge on any atom is -0.335 e. The van der Waals surface area contributed by atoms with E-state index in [9.17, 15) is 0 Å². The maximum atomic E-state index is 4.29. The molecule has 0 radical (unpaired) electrons. The van der Waals surface area contributed by atoms with Gasteiger partial charge < -0.3 is 4.90 Å². The molecule has 0 aromatic rings. The Balaban J connectivity index is 2.71. The molecule has 3 nitrogen and oxygen atoms in total. The quantitative estimate of drug-likeness (QED) is 0.632. The van der Waals surface area contributed by atoms with E-state index in [0.29, 0.717) is 0 Å². The SMILES string of the molecule is C=CN1CCN(C(C)(C)C)CC1=NC. The molecule has 0 spiro atoms. The second kappa shape index (κ2) is 4.13. The standard InChI is InChI=1S/C11H21N3/c1-6-13-7-8-14(11(2,3)4)9-10(13)12-5/h6H,1,7-9H2,2-5H3. The van der Waals surface area contributed by atoms with Gasteiger partial charge >= 0.3 is 0 Å². The first-order valence-electron chi connectivity index (χ1n) is 5.09. The molecule has 80 valence electrons. The van der Waals surface area contributed by atoms with Crippen LogP contribution in [0.4, 0.5) is 0 Å². The number of rotatable bonds is 1. The lowest BCUT2D eigenvalue weighted by molar-refractivity contribution is 0.133. The van der Waals surface area contributed by atoms with Crippen LogP contribution in [0, 0.1) is 0 Å². The first kappa shape index (κ1) is 11.2. The molecule has 1 aliphatic rings. The highest BCUT2D eigenvalue weighted by Crippen LogP contribution is 2.16. The highest BCUT2D eigenvalue weighted by molar-refractivity contribution is 5.85. The van der Waals surface area contributed by atoms with Gasteiger partial charge in [0.05, 0.1) is 6.54 Å². The third-order valence-corrected chi connectivity index (χ3v) is 2.70. The fraction of sp³-hybridized carbons (Fsp3) is 0.727. The van der Waals surface area contributed by atoms with Gasteiger partial charge in [-0.15, -0.1) is 0 Å². The van der Waals surface area contributed by atoms with Crippen molar-refractivity contribution < 1.29 is 0 Å². The first-order valence-corrected chi connectivity index (χ1v) is 5.09. The Labute approximate surface area is 87.1 Å². The summed E-state index contributed by atoms with van der Waals surface area (Å²) in [6.45, 7) is 13.5. The van der Waals surface area contributed by atoms with E-state index in [-0.39, 0.29) is 5.54 Å². The minimum atomic E-state index is 0.225. The van der Waals surface area contributed by atoms with Crippen LogP contribution < -0.4 is 0 Å². The molecular formula is C11H21N3. The lowest BCUT2D eigenvalue weighted by atomic mass is 10.0. The van der Waals surface area contributed by atoms with E-state index in [0.717, 1.165) is 25.5 Å². The summed E-state index contributed by atoms with van der Waals surface area (Å²) in [7, 11) is 1.85. The molecule has 1 heterocycles. The molecule has 0 aliphatic carbocycles. The zero-order valence-corrected chi connectivity index (χ0v) is 9.75. The first-order chi connectivity index (χ1) is 6.49. The normalized spacial score (nSPS) is 22.9. The Morgan fingerprint density at radius 1 is 1.36 bits per heavy atom. The van der Waals surface area contributed by atoms with Crippen LogP contribution in [0.1, 0.15) is 20.8 Å². The lowest BCUT2D eigenvalue weighted by Gasteiger charge is -2.42. The lowest BCUT2D eigenvalue weighted by Crippen LogP contribution is -2.54. The van der Waals surface area contributed by atoms with Crippen LogP contribution in [0.2, 0.25) is 0 Å². The molecule has 1 aliphatic heterocycles. The molecule has 0 amide bonds. The summed E-state index contributed by atoms with van der Waals surface area (Å²) in [4.78, 5) is 8.86. The van der Waals surface area contributed by atoms with Crippen molar-refractivity contribution in [2.45, 2.75) is 26.3 Å². The van der Waals surface area contributed by atoms with E-state index < -0.39 is 0 Å². The maximum absolute atomic E-state index is 4.29. The van der Waals surface area contributed by atoms with Crippen molar-refractivity contribution in [1.29, 1.82) is 0 Å². The summed E-state index contributed by atoms with van der Waals surface area (Å²) < 4.78 is 0. The molecule has 1 rings (SSSR count). The summed E-state index contributed by atoms with van der Waals surface area (Å²) in [5.74, 6) is 1.11. The van der Waals surface area contributed by atoms with Gasteiger partial charge in [0.1, 0.15) is 5.84 Å². The molecule has 0 N–H and O–H groups in total. The summed E-state index contributed by atoms with van der Waals surface area (Å²) in [6.07, 6.45) is 1.86. The highest BCUT2D eigenvalue weighted by atomic mass is 15.3. The number of piperazine rings is 1. The van der Waals surface area contributed by atoms with Crippen molar-refractivity contribution in [3.8, 4) is 0 Å². The van der Waals surface area contributed by atoms with Crippen molar-refractivity contribution >= 4 is 5.84 Å². The third-order valence-electron chi connectivity index (χ3n) is 2.70. The Bertz CT molecular complexity index is 237. The van der Waals surface area contributed by atoms with Crippen LogP contribution in [-0.4, -0.2) is 47.9 Å². The number of hydrogen-bond donors (Lipinski definition) is 0. The van der Waals surface area contributed by atoms with Gasteiger partial charge in [0.25, 0.3) is 0 Å². The fourth-order valence-corrected chi connectivity index (χ4v) is 1.67. The summed E-state index contributed by atoms with van der Waals surface area (Å²) in [5, 5.41) is 0. The number of amidine groups is 1. The van der Waals surface area contributed by atoms with Gasteiger partial charge in [-0.25, -0.2) is 0 Å². The predicted molar refractivity (Wildman–Crippen MR) is 61.6 cm³/mol. The molecule has 1 fully saturated rings. The average Bonchev–Trinajstić information content (AvgIpc) is 2.15. The second-order valence-corrected chi connectivity index (χ2v) is 4.61. The number of hydrogen-bond acceptors (Lipinski definition) is 2. The van der Waals surface area contributed by atoms with E-state index in [1.165, 1.54) is 0 Å². The van der Waals surface area contributed by atoms with Crippen LogP contribution >= 0.6 is 0 Å². The van der Waals surface area contributed by atoms with Crippen LogP contribution in [0.5, 0.6) is 0 Å². The van der Waals surface area contributed by atoms with Crippen molar-refractivity contribution in [2.24, 2.45) is 4.99 Å². The second-order valence-electron chi connectivity index (χ2n) is 4.61. The zero-order chi connectivity index (χ0) is 10.8. The van der Waals surface area contributed by atoms with Gasteiger partial charge in [-0.3, -0.25) is 9.89 Å². The van der Waals surface area contributed by atoms with Crippen molar-refractivity contribution in [3.63, 3.8) is 0 Å². The van der Waals surface area contributed by atoms with Crippen LogP contribution in [0.25, 0.3) is 0 Å². The average molecular weight is 195 g/mol. The Kier molecular flexibility index (Phi) is 3.32. The highest BCUT2D eigenvalue weighted by Gasteiger charge is 2.27. The minimum absolute atomic E-state index is 0.225. The monoisotopic (exact) mass is 195 g/mol. The smallest absolute Gasteiger partial charge is 0.117 e. The number of aliphatic imine (C=N–C) groups is 1. The van der Waals surface area contributed by atoms with Crippen molar-refractivity contribution in [3.05, 3.63) is 12.8 Å². The van der Waals surface area contributed by atoms with Gasteiger partial charge in [-0.05, 0) is 27.0 Å². The topological polar surface area (TPSA) is 18.8 Å². The molecule has 0 bridgehead atoms. The van der Waals surface area contributed by atoms with E-state index in [1.54, 1.807) is 0 Å². The molecule has 0 aromatic heterocycles. The van der Waals surface area contributed by atoms with E-state index in [1.807, 2.05) is 13.2 Å². The largest absolute Gasteiger partial charge is 0.335 e. The molecule has 1 saturated heterocycles. The summed E-state index contributed by atoms with van der Waals surface area (Å²) in [5.41, 5.74) is 0.225. The van der Waals surface area contributed by atoms with E-state index in [2.05, 4.69) is 42.1 Å². The third kappa shape index (κ3) is 2.35. The van der Waals surface area contributed by atoms with Gasteiger partial charge in [0.15, 0.2) is 0 Å². The van der Waals surface area contributed by atoms with Crippen molar-refractivity contribution in [1.82, 2.24) is 9.80 Å². The Morgan fingerprint density at radius 3 is 2.43 bits per heavy atom. The van der Waals surface area contributed by atoms with Gasteiger partial charge in [-0.1, -0.05) is 6.58 Å². The van der Waals surface area contributed by atoms with Gasteiger partial charge in [0.2, 0.25) is 0 Å². The Hall–Kier alpha value is -0.830. The van der Waals surface area contributed by atoms with Crippen LogP contribution in [0.3, 0.4) is 0 Å². The Morgan fingerprint density at radius 2 is 2.00 bits per heavy atom. The fourth-order valence-electron chi connectivity index (χ4n) is 1.67. The molecule has 14 heavy (non-hydrogen) atoms. The van der Waals surface area contributed by atoms with Crippen molar-refractivity contribution in [2.75, 3.05) is 26.7 Å². The summed E-state index contributed by atoms with van der Waals surface area (Å²) in [6, 6.07) is 0. The molecule has 0 saturated carbocycles. The summed E-state index contributed by atoms with van der Waals surface area (Å²) >= 11 is 0. The van der Waals surface area contributed by atoms with Gasteiger partial charge in [0, 0.05) is 25.7 Å². The number of nitrogens with zero attached hydrogens (tertiary/aromatic N) is 3. The molecule has 0 unspecified atom stereocenters. The van der Waals surface area contributed by atoms with Crippen LogP contribution in [-0.2, 0) is 0 Å². The molecular weight excluding hydrogens is 174 g/mol. The molecule has 3 heteroatoms. The van der Waals surface area contributed by atoms with E-state index in [4.69, 9.17) is 0 Å². The maximum Gasteiger partial charge on any atom is 0.117 e. The molecule has 0 aromatic carbocycles. The van der Waals surface area contributed by atoms with Gasteiger partial charge in [-0.2, -0.15) is 0 Å². The predicted octanol–water partition coefficient (Wildman–Crippen LogP) is 1.57.